The predicted octanol–water partition coefficient (Wildman–Crippen LogP) is 2.63. The summed E-state index contributed by atoms with van der Waals surface area (Å²) in [6.45, 7) is 3.09. The third-order valence-electron chi connectivity index (χ3n) is 4.34. The molecule has 1 saturated carbocycles. The molecule has 3 amide bonds. The number of nitrogens with zero attached hydrogens (tertiary/aromatic N) is 1. The third-order valence-corrected chi connectivity index (χ3v) is 4.59. The number of amides is 3. The van der Waals surface area contributed by atoms with Gasteiger partial charge in [0.25, 0.3) is 5.91 Å². The molecule has 148 valence electrons. The predicted molar refractivity (Wildman–Crippen MR) is 102 cm³/mol. The van der Waals surface area contributed by atoms with Crippen molar-refractivity contribution in [2.45, 2.75) is 38.6 Å². The van der Waals surface area contributed by atoms with Gasteiger partial charge < -0.3 is 20.7 Å². The average molecular weight is 396 g/mol. The minimum atomic E-state index is -0.752. The summed E-state index contributed by atoms with van der Waals surface area (Å²) in [6.07, 6.45) is 3.02. The summed E-state index contributed by atoms with van der Waals surface area (Å²) in [6, 6.07) is 5.29. The molecular formula is C19H26ClN3O4. The highest BCUT2D eigenvalue weighted by Crippen LogP contribution is 2.29. The lowest BCUT2D eigenvalue weighted by Gasteiger charge is -2.22. The van der Waals surface area contributed by atoms with Gasteiger partial charge in [-0.2, -0.15) is 0 Å². The van der Waals surface area contributed by atoms with Crippen LogP contribution in [0.5, 0.6) is 0 Å². The average Bonchev–Trinajstić information content (AvgIpc) is 3.43. The quantitative estimate of drug-likeness (QED) is 0.594. The van der Waals surface area contributed by atoms with E-state index in [1.54, 1.807) is 29.2 Å². The molecule has 0 heterocycles. The van der Waals surface area contributed by atoms with Gasteiger partial charge in [0.05, 0.1) is 12.5 Å². The Morgan fingerprint density at radius 1 is 1.30 bits per heavy atom. The van der Waals surface area contributed by atoms with Crippen molar-refractivity contribution in [2.24, 2.45) is 11.7 Å². The number of esters is 1. The molecule has 0 aliphatic heterocycles. The van der Waals surface area contributed by atoms with E-state index in [4.69, 9.17) is 22.1 Å². The molecule has 1 aromatic rings. The second-order valence-corrected chi connectivity index (χ2v) is 7.20. The van der Waals surface area contributed by atoms with Crippen LogP contribution in [-0.4, -0.2) is 42.5 Å². The molecule has 7 nitrogen and oxygen atoms in total. The minimum absolute atomic E-state index is 0.131. The van der Waals surface area contributed by atoms with Crippen LogP contribution >= 0.6 is 11.6 Å². The fraction of sp³-hybridized carbons (Fsp3) is 0.526. The molecule has 1 aliphatic carbocycles. The second kappa shape index (κ2) is 10.2. The maximum Gasteiger partial charge on any atom is 0.312 e. The van der Waals surface area contributed by atoms with Crippen molar-refractivity contribution in [1.82, 2.24) is 10.2 Å². The number of halogens is 1. The van der Waals surface area contributed by atoms with Crippen molar-refractivity contribution in [3.63, 3.8) is 0 Å². The highest BCUT2D eigenvalue weighted by Gasteiger charge is 2.27. The highest BCUT2D eigenvalue weighted by atomic mass is 35.5. The molecule has 1 aliphatic rings. The van der Waals surface area contributed by atoms with Crippen molar-refractivity contribution in [1.29, 1.82) is 0 Å². The fourth-order valence-electron chi connectivity index (χ4n) is 2.78. The van der Waals surface area contributed by atoms with Gasteiger partial charge in [0, 0.05) is 18.1 Å². The number of hydrogen-bond acceptors (Lipinski definition) is 4. The van der Waals surface area contributed by atoms with Gasteiger partial charge in [-0.3, -0.25) is 9.59 Å². The van der Waals surface area contributed by atoms with Crippen molar-refractivity contribution < 1.29 is 19.1 Å². The molecule has 1 aromatic carbocycles. The SMILES string of the molecule is CCCN(CC1CC1)C(=O)COC(=O)C[C@H](NC(N)=O)c1ccc(Cl)cc1. The molecule has 2 rings (SSSR count). The fourth-order valence-corrected chi connectivity index (χ4v) is 2.90. The normalized spacial score (nSPS) is 14.3. The van der Waals surface area contributed by atoms with Gasteiger partial charge in [-0.05, 0) is 42.9 Å². The monoisotopic (exact) mass is 395 g/mol. The second-order valence-electron chi connectivity index (χ2n) is 6.76. The Kier molecular flexibility index (Phi) is 7.91. The summed E-state index contributed by atoms with van der Waals surface area (Å²) >= 11 is 5.86. The van der Waals surface area contributed by atoms with Crippen LogP contribution in [0.4, 0.5) is 4.79 Å². The molecule has 0 saturated heterocycles. The highest BCUT2D eigenvalue weighted by molar-refractivity contribution is 6.30. The molecule has 0 radical (unpaired) electrons. The molecule has 0 spiro atoms. The maximum atomic E-state index is 12.3. The molecule has 8 heteroatoms. The molecule has 0 aromatic heterocycles. The first-order chi connectivity index (χ1) is 12.9. The van der Waals surface area contributed by atoms with Gasteiger partial charge >= 0.3 is 12.0 Å². The van der Waals surface area contributed by atoms with E-state index >= 15 is 0 Å². The topological polar surface area (TPSA) is 102 Å². The number of benzene rings is 1. The lowest BCUT2D eigenvalue weighted by molar-refractivity contribution is -0.152. The number of urea groups is 1. The lowest BCUT2D eigenvalue weighted by Crippen LogP contribution is -2.37. The van der Waals surface area contributed by atoms with E-state index in [1.165, 1.54) is 0 Å². The molecule has 27 heavy (non-hydrogen) atoms. The zero-order chi connectivity index (χ0) is 19.8. The number of carbonyl (C=O) groups excluding carboxylic acids is 3. The van der Waals surface area contributed by atoms with Crippen LogP contribution in [0.25, 0.3) is 0 Å². The largest absolute Gasteiger partial charge is 0.455 e. The molecule has 0 unspecified atom stereocenters. The third kappa shape index (κ3) is 7.46. The molecular weight excluding hydrogens is 370 g/mol. The Bertz CT molecular complexity index is 661. The molecule has 1 fully saturated rings. The number of ether oxygens (including phenoxy) is 1. The van der Waals surface area contributed by atoms with E-state index in [0.717, 1.165) is 25.8 Å². The van der Waals surface area contributed by atoms with Gasteiger partial charge in [-0.15, -0.1) is 0 Å². The molecule has 1 atom stereocenters. The van der Waals surface area contributed by atoms with Crippen molar-refractivity contribution in [2.75, 3.05) is 19.7 Å². The Hall–Kier alpha value is -2.28. The number of carbonyl (C=O) groups is 3. The number of nitrogens with two attached hydrogens (primary N) is 1. The van der Waals surface area contributed by atoms with Crippen molar-refractivity contribution >= 4 is 29.5 Å². The van der Waals surface area contributed by atoms with Crippen LogP contribution in [-0.2, 0) is 14.3 Å². The van der Waals surface area contributed by atoms with E-state index in [0.29, 0.717) is 23.0 Å². The summed E-state index contributed by atoms with van der Waals surface area (Å²) in [7, 11) is 0. The smallest absolute Gasteiger partial charge is 0.312 e. The Morgan fingerprint density at radius 2 is 1.96 bits per heavy atom. The zero-order valence-corrected chi connectivity index (χ0v) is 16.2. The summed E-state index contributed by atoms with van der Waals surface area (Å²) in [4.78, 5) is 37.5. The van der Waals surface area contributed by atoms with E-state index in [9.17, 15) is 14.4 Å². The summed E-state index contributed by atoms with van der Waals surface area (Å²) in [5.41, 5.74) is 5.86. The number of rotatable bonds is 10. The van der Waals surface area contributed by atoms with E-state index in [-0.39, 0.29) is 18.9 Å². The van der Waals surface area contributed by atoms with Crippen LogP contribution in [0.3, 0.4) is 0 Å². The van der Waals surface area contributed by atoms with Crippen LogP contribution in [0.15, 0.2) is 24.3 Å². The van der Waals surface area contributed by atoms with Gasteiger partial charge in [-0.25, -0.2) is 4.79 Å². The Morgan fingerprint density at radius 3 is 2.52 bits per heavy atom. The number of hydrogen-bond donors (Lipinski definition) is 2. The standard InChI is InChI=1S/C19H26ClN3O4/c1-2-9-23(11-13-3-4-13)17(24)12-27-18(25)10-16(22-19(21)26)14-5-7-15(20)8-6-14/h5-8,13,16H,2-4,9-12H2,1H3,(H3,21,22,26)/t16-/m0/s1. The Labute approximate surface area is 164 Å². The first-order valence-corrected chi connectivity index (χ1v) is 9.51. The van der Waals surface area contributed by atoms with Crippen LogP contribution < -0.4 is 11.1 Å². The van der Waals surface area contributed by atoms with Crippen molar-refractivity contribution in [3.05, 3.63) is 34.9 Å². The van der Waals surface area contributed by atoms with Crippen molar-refractivity contribution in [3.8, 4) is 0 Å². The molecule has 0 bridgehead atoms. The summed E-state index contributed by atoms with van der Waals surface area (Å²) in [5, 5.41) is 3.05. The summed E-state index contributed by atoms with van der Waals surface area (Å²) in [5.74, 6) is -0.201. The van der Waals surface area contributed by atoms with E-state index < -0.39 is 18.0 Å². The minimum Gasteiger partial charge on any atom is -0.455 e. The lowest BCUT2D eigenvalue weighted by atomic mass is 10.0. The summed E-state index contributed by atoms with van der Waals surface area (Å²) < 4.78 is 5.14. The first kappa shape index (κ1) is 21.0. The molecule has 3 N–H and O–H groups in total. The number of primary amides is 1. The first-order valence-electron chi connectivity index (χ1n) is 9.13. The van der Waals surface area contributed by atoms with Crippen LogP contribution in [0, 0.1) is 5.92 Å². The van der Waals surface area contributed by atoms with Gasteiger partial charge in [0.15, 0.2) is 6.61 Å². The van der Waals surface area contributed by atoms with E-state index in [2.05, 4.69) is 5.32 Å². The van der Waals surface area contributed by atoms with Gasteiger partial charge in [0.1, 0.15) is 0 Å². The number of nitrogens with one attached hydrogen (secondary N) is 1. The van der Waals surface area contributed by atoms with E-state index in [1.807, 2.05) is 6.92 Å². The zero-order valence-electron chi connectivity index (χ0n) is 15.4. The van der Waals surface area contributed by atoms with Crippen LogP contribution in [0.2, 0.25) is 5.02 Å². The van der Waals surface area contributed by atoms with Gasteiger partial charge in [0.2, 0.25) is 0 Å². The Balaban J connectivity index is 1.89. The van der Waals surface area contributed by atoms with Gasteiger partial charge in [-0.1, -0.05) is 30.7 Å². The maximum absolute atomic E-state index is 12.3. The van der Waals surface area contributed by atoms with Crippen LogP contribution in [0.1, 0.15) is 44.2 Å².